The van der Waals surface area contributed by atoms with Crippen LogP contribution < -0.4 is 0 Å². The summed E-state index contributed by atoms with van der Waals surface area (Å²) in [4.78, 5) is 14.5. The smallest absolute Gasteiger partial charge is 0.246 e. The summed E-state index contributed by atoms with van der Waals surface area (Å²) in [7, 11) is 0. The minimum atomic E-state index is -0.631. The first-order valence-electron chi connectivity index (χ1n) is 12.1. The van der Waals surface area contributed by atoms with Crippen molar-refractivity contribution in [2.45, 2.75) is 103 Å². The fraction of sp³-hybridized carbons (Fsp3) is 0.880. The maximum Gasteiger partial charge on any atom is 0.246 e. The molecule has 0 aromatic rings. The van der Waals surface area contributed by atoms with Crippen LogP contribution in [0.3, 0.4) is 0 Å². The van der Waals surface area contributed by atoms with Gasteiger partial charge in [0.1, 0.15) is 0 Å². The number of fused-ring (bicyclic) bond motifs is 1. The second-order valence-corrected chi connectivity index (χ2v) is 11.3. The third kappa shape index (κ3) is 5.46. The van der Waals surface area contributed by atoms with Gasteiger partial charge >= 0.3 is 0 Å². The van der Waals surface area contributed by atoms with E-state index < -0.39 is 17.8 Å². The lowest BCUT2D eigenvalue weighted by molar-refractivity contribution is -0.132. The van der Waals surface area contributed by atoms with Crippen LogP contribution in [-0.4, -0.2) is 57.0 Å². The molecular formula is C25H43NO4. The number of nitrogens with zero attached hydrogens (tertiary/aromatic N) is 1. The first-order chi connectivity index (χ1) is 14.0. The molecule has 2 aliphatic carbocycles. The Labute approximate surface area is 182 Å². The summed E-state index contributed by atoms with van der Waals surface area (Å²) >= 11 is 0. The Bertz CT molecular complexity index is 630. The molecule has 1 heterocycles. The lowest BCUT2D eigenvalue weighted by Crippen LogP contribution is -2.48. The van der Waals surface area contributed by atoms with Gasteiger partial charge in [0.2, 0.25) is 5.91 Å². The van der Waals surface area contributed by atoms with E-state index in [2.05, 4.69) is 13.8 Å². The molecule has 5 heteroatoms. The van der Waals surface area contributed by atoms with Crippen molar-refractivity contribution in [3.05, 3.63) is 11.6 Å². The van der Waals surface area contributed by atoms with Crippen molar-refractivity contribution in [3.8, 4) is 0 Å². The Morgan fingerprint density at radius 3 is 2.57 bits per heavy atom. The number of β-amino-alcohol motifs (C(OH)–C–C–N with tert-alkyl or cyclic N) is 2. The summed E-state index contributed by atoms with van der Waals surface area (Å²) in [6.07, 6.45) is 9.71. The van der Waals surface area contributed by atoms with Crippen molar-refractivity contribution >= 4 is 5.91 Å². The van der Waals surface area contributed by atoms with Gasteiger partial charge in [-0.25, -0.2) is 0 Å². The Morgan fingerprint density at radius 1 is 1.27 bits per heavy atom. The second-order valence-electron chi connectivity index (χ2n) is 11.3. The van der Waals surface area contributed by atoms with Gasteiger partial charge in [-0.2, -0.15) is 0 Å². The van der Waals surface area contributed by atoms with E-state index in [9.17, 15) is 20.1 Å². The first-order valence-corrected chi connectivity index (χ1v) is 12.1. The van der Waals surface area contributed by atoms with Gasteiger partial charge in [-0.1, -0.05) is 32.3 Å². The quantitative estimate of drug-likeness (QED) is 0.572. The molecule has 1 aliphatic heterocycles. The molecule has 0 spiro atoms. The summed E-state index contributed by atoms with van der Waals surface area (Å²) in [5, 5.41) is 29.9. The number of likely N-dealkylation sites (tertiary alicyclic amines) is 1. The fourth-order valence-corrected chi connectivity index (χ4v) is 6.72. The molecule has 0 aromatic carbocycles. The van der Waals surface area contributed by atoms with E-state index in [-0.39, 0.29) is 11.3 Å². The van der Waals surface area contributed by atoms with Crippen LogP contribution in [0.15, 0.2) is 11.6 Å². The third-order valence-electron chi connectivity index (χ3n) is 8.20. The number of rotatable bonds is 6. The van der Waals surface area contributed by atoms with Gasteiger partial charge in [0.05, 0.1) is 17.8 Å². The molecule has 5 nitrogen and oxygen atoms in total. The van der Waals surface area contributed by atoms with Gasteiger partial charge in [-0.05, 0) is 75.5 Å². The van der Waals surface area contributed by atoms with Crippen LogP contribution in [0.2, 0.25) is 0 Å². The van der Waals surface area contributed by atoms with Gasteiger partial charge in [0.15, 0.2) is 0 Å². The standard InChI is InChI=1S/C25H43NO4/c1-17(7-5-11-24(2,3)30)21-9-10-22-18(8-6-12-25(21,22)4)13-23(29)26-15-19(27)14-20(28)16-26/h13,17,19-22,27-28,30H,5-12,14-16H2,1-4H3/b18-13+/t17-,19+,20+,21-,22?,25-/m1/s1. The number of aliphatic hydroxyl groups is 3. The van der Waals surface area contributed by atoms with Gasteiger partial charge in [-0.3, -0.25) is 4.79 Å². The highest BCUT2D eigenvalue weighted by Crippen LogP contribution is 2.59. The summed E-state index contributed by atoms with van der Waals surface area (Å²) in [6, 6.07) is 0. The lowest BCUT2D eigenvalue weighted by atomic mass is 9.60. The molecule has 3 fully saturated rings. The van der Waals surface area contributed by atoms with E-state index in [1.807, 2.05) is 19.9 Å². The van der Waals surface area contributed by atoms with E-state index >= 15 is 0 Å². The van der Waals surface area contributed by atoms with Crippen molar-refractivity contribution < 1.29 is 20.1 Å². The average molecular weight is 422 g/mol. The number of aliphatic hydroxyl groups excluding tert-OH is 2. The van der Waals surface area contributed by atoms with Crippen LogP contribution in [-0.2, 0) is 4.79 Å². The predicted octanol–water partition coefficient (Wildman–Crippen LogP) is 3.66. The summed E-state index contributed by atoms with van der Waals surface area (Å²) in [5.41, 5.74) is 0.951. The van der Waals surface area contributed by atoms with E-state index in [4.69, 9.17) is 0 Å². The number of carbonyl (C=O) groups excluding carboxylic acids is 1. The Kier molecular flexibility index (Phi) is 7.36. The predicted molar refractivity (Wildman–Crippen MR) is 119 cm³/mol. The monoisotopic (exact) mass is 421 g/mol. The van der Waals surface area contributed by atoms with Crippen LogP contribution in [0.4, 0.5) is 0 Å². The molecule has 3 aliphatic rings. The highest BCUT2D eigenvalue weighted by molar-refractivity contribution is 5.88. The van der Waals surface area contributed by atoms with Crippen molar-refractivity contribution in [1.82, 2.24) is 4.90 Å². The Morgan fingerprint density at radius 2 is 1.93 bits per heavy atom. The van der Waals surface area contributed by atoms with Gasteiger partial charge in [0, 0.05) is 25.6 Å². The third-order valence-corrected chi connectivity index (χ3v) is 8.20. The molecule has 172 valence electrons. The van der Waals surface area contributed by atoms with E-state index in [0.29, 0.717) is 37.3 Å². The highest BCUT2D eigenvalue weighted by atomic mass is 16.3. The maximum absolute atomic E-state index is 12.9. The molecule has 0 bridgehead atoms. The summed E-state index contributed by atoms with van der Waals surface area (Å²) < 4.78 is 0. The average Bonchev–Trinajstić information content (AvgIpc) is 2.97. The molecular weight excluding hydrogens is 378 g/mol. The van der Waals surface area contributed by atoms with Crippen LogP contribution in [0.1, 0.15) is 85.5 Å². The maximum atomic E-state index is 12.9. The molecule has 6 atom stereocenters. The van der Waals surface area contributed by atoms with Crippen molar-refractivity contribution in [2.75, 3.05) is 13.1 Å². The first kappa shape index (κ1) is 23.7. The Hall–Kier alpha value is -0.910. The lowest BCUT2D eigenvalue weighted by Gasteiger charge is -2.44. The van der Waals surface area contributed by atoms with Crippen molar-refractivity contribution in [3.63, 3.8) is 0 Å². The van der Waals surface area contributed by atoms with Gasteiger partial charge in [-0.15, -0.1) is 0 Å². The Balaban J connectivity index is 1.66. The molecule has 30 heavy (non-hydrogen) atoms. The van der Waals surface area contributed by atoms with E-state index in [0.717, 1.165) is 38.5 Å². The zero-order chi connectivity index (χ0) is 22.1. The van der Waals surface area contributed by atoms with Crippen LogP contribution in [0.25, 0.3) is 0 Å². The molecule has 3 N–H and O–H groups in total. The number of hydrogen-bond donors (Lipinski definition) is 3. The molecule has 1 amide bonds. The van der Waals surface area contributed by atoms with Gasteiger partial charge < -0.3 is 20.2 Å². The minimum Gasteiger partial charge on any atom is -0.391 e. The summed E-state index contributed by atoms with van der Waals surface area (Å²) in [6.45, 7) is 9.24. The fourth-order valence-electron chi connectivity index (χ4n) is 6.72. The molecule has 3 rings (SSSR count). The topological polar surface area (TPSA) is 81.0 Å². The number of carbonyl (C=O) groups is 1. The van der Waals surface area contributed by atoms with Crippen LogP contribution in [0, 0.1) is 23.2 Å². The zero-order valence-electron chi connectivity index (χ0n) is 19.4. The normalized spacial score (nSPS) is 37.3. The number of piperidine rings is 1. The summed E-state index contributed by atoms with van der Waals surface area (Å²) in [5.74, 6) is 1.72. The minimum absolute atomic E-state index is 0.0475. The second kappa shape index (κ2) is 9.30. The largest absolute Gasteiger partial charge is 0.391 e. The molecule has 0 radical (unpaired) electrons. The highest BCUT2D eigenvalue weighted by Gasteiger charge is 2.50. The molecule has 2 saturated carbocycles. The van der Waals surface area contributed by atoms with E-state index in [1.165, 1.54) is 18.4 Å². The van der Waals surface area contributed by atoms with Gasteiger partial charge in [0.25, 0.3) is 0 Å². The van der Waals surface area contributed by atoms with Crippen LogP contribution in [0.5, 0.6) is 0 Å². The number of allylic oxidation sites excluding steroid dienone is 1. The SMILES string of the molecule is C[C@H](CCCC(C)(C)O)[C@H]1CCC2/C(=C/C(=O)N3C[C@@H](O)C[C@H](O)C3)CCC[C@@]21C. The number of hydrogen-bond acceptors (Lipinski definition) is 4. The molecule has 1 unspecified atom stereocenters. The zero-order valence-corrected chi connectivity index (χ0v) is 19.4. The molecule has 1 saturated heterocycles. The number of amides is 1. The van der Waals surface area contributed by atoms with Crippen LogP contribution >= 0.6 is 0 Å². The van der Waals surface area contributed by atoms with E-state index in [1.54, 1.807) is 4.90 Å². The van der Waals surface area contributed by atoms with Crippen molar-refractivity contribution in [2.24, 2.45) is 23.2 Å². The molecule has 0 aromatic heterocycles. The van der Waals surface area contributed by atoms with Crippen molar-refractivity contribution in [1.29, 1.82) is 0 Å².